The van der Waals surface area contributed by atoms with E-state index in [9.17, 15) is 14.4 Å². The van der Waals surface area contributed by atoms with E-state index in [0.717, 1.165) is 21.5 Å². The molecule has 0 unspecified atom stereocenters. The van der Waals surface area contributed by atoms with Gasteiger partial charge in [-0.3, -0.25) is 14.2 Å². The molecule has 0 spiro atoms. The standard InChI is InChI=1S/C23H24N4O6S/c1-23(2,3)33-16(28)13-27-20(29)17-21(34-19(25-17)18-24-10-12-32-18)26(22(27)30)11-9-14-7-5-6-8-15(14)31-4/h5-8,10,12H,9,11,13H2,1-4H3. The van der Waals surface area contributed by atoms with Gasteiger partial charge in [0.2, 0.25) is 0 Å². The molecule has 0 aliphatic heterocycles. The number of esters is 1. The molecule has 1 aromatic carbocycles. The fraction of sp³-hybridized carbons (Fsp3) is 0.348. The van der Waals surface area contributed by atoms with Gasteiger partial charge in [-0.2, -0.15) is 0 Å². The van der Waals surface area contributed by atoms with E-state index >= 15 is 0 Å². The lowest BCUT2D eigenvalue weighted by atomic mass is 10.1. The first-order valence-electron chi connectivity index (χ1n) is 10.6. The molecule has 3 heterocycles. The van der Waals surface area contributed by atoms with E-state index in [0.29, 0.717) is 22.0 Å². The van der Waals surface area contributed by atoms with Crippen molar-refractivity contribution in [1.82, 2.24) is 19.1 Å². The first-order chi connectivity index (χ1) is 16.2. The SMILES string of the molecule is COc1ccccc1CCn1c(=O)n(CC(=O)OC(C)(C)C)c(=O)c2nc(-c3ncco3)sc21. The molecule has 0 atom stereocenters. The fourth-order valence-corrected chi connectivity index (χ4v) is 4.50. The van der Waals surface area contributed by atoms with Crippen molar-refractivity contribution < 1.29 is 18.7 Å². The van der Waals surface area contributed by atoms with Crippen LogP contribution in [0.5, 0.6) is 5.75 Å². The minimum Gasteiger partial charge on any atom is -0.496 e. The molecule has 0 fully saturated rings. The summed E-state index contributed by atoms with van der Waals surface area (Å²) in [5.41, 5.74) is -1.10. The monoisotopic (exact) mass is 484 g/mol. The number of nitrogens with zero attached hydrogens (tertiary/aromatic N) is 4. The predicted octanol–water partition coefficient (Wildman–Crippen LogP) is 2.87. The zero-order valence-electron chi connectivity index (χ0n) is 19.2. The lowest BCUT2D eigenvalue weighted by molar-refractivity contribution is -0.155. The summed E-state index contributed by atoms with van der Waals surface area (Å²) in [4.78, 5) is 47.9. The average Bonchev–Trinajstić information content (AvgIpc) is 3.46. The molecule has 11 heteroatoms. The number of benzene rings is 1. The number of carbonyl (C=O) groups is 1. The Balaban J connectivity index is 1.82. The summed E-state index contributed by atoms with van der Waals surface area (Å²) >= 11 is 1.13. The Morgan fingerprint density at radius 3 is 2.62 bits per heavy atom. The Morgan fingerprint density at radius 2 is 1.94 bits per heavy atom. The smallest absolute Gasteiger partial charge is 0.332 e. The average molecular weight is 485 g/mol. The van der Waals surface area contributed by atoms with Crippen LogP contribution < -0.4 is 16.0 Å². The fourth-order valence-electron chi connectivity index (χ4n) is 3.48. The van der Waals surface area contributed by atoms with Crippen molar-refractivity contribution in [2.75, 3.05) is 7.11 Å². The largest absolute Gasteiger partial charge is 0.496 e. The molecule has 4 rings (SSSR count). The highest BCUT2D eigenvalue weighted by atomic mass is 32.1. The van der Waals surface area contributed by atoms with Crippen LogP contribution in [0.25, 0.3) is 21.2 Å². The van der Waals surface area contributed by atoms with Crippen LogP contribution in [-0.4, -0.2) is 37.8 Å². The van der Waals surface area contributed by atoms with Gasteiger partial charge in [-0.25, -0.2) is 19.3 Å². The number of hydrogen-bond acceptors (Lipinski definition) is 9. The highest BCUT2D eigenvalue weighted by Gasteiger charge is 2.23. The van der Waals surface area contributed by atoms with Gasteiger partial charge in [0.15, 0.2) is 10.5 Å². The van der Waals surface area contributed by atoms with E-state index in [4.69, 9.17) is 13.9 Å². The summed E-state index contributed by atoms with van der Waals surface area (Å²) in [7, 11) is 1.58. The molecule has 0 N–H and O–H groups in total. The topological polar surface area (TPSA) is 118 Å². The van der Waals surface area contributed by atoms with E-state index < -0.39 is 29.4 Å². The summed E-state index contributed by atoms with van der Waals surface area (Å²) < 4.78 is 18.4. The molecule has 0 aliphatic carbocycles. The summed E-state index contributed by atoms with van der Waals surface area (Å²) in [6.45, 7) is 4.85. The number of fused-ring (bicyclic) bond motifs is 1. The molecule has 0 bridgehead atoms. The summed E-state index contributed by atoms with van der Waals surface area (Å²) in [6, 6.07) is 7.49. The van der Waals surface area contributed by atoms with Gasteiger partial charge in [-0.05, 0) is 38.8 Å². The Bertz CT molecular complexity index is 1440. The maximum absolute atomic E-state index is 13.4. The van der Waals surface area contributed by atoms with Crippen molar-refractivity contribution in [3.63, 3.8) is 0 Å². The van der Waals surface area contributed by atoms with Crippen molar-refractivity contribution in [2.45, 2.75) is 45.9 Å². The van der Waals surface area contributed by atoms with Gasteiger partial charge >= 0.3 is 11.7 Å². The molecule has 0 saturated carbocycles. The number of rotatable bonds is 7. The van der Waals surface area contributed by atoms with Crippen LogP contribution in [0.1, 0.15) is 26.3 Å². The van der Waals surface area contributed by atoms with Crippen LogP contribution in [0.15, 0.2) is 50.7 Å². The molecule has 0 radical (unpaired) electrons. The number of oxazole rings is 1. The number of aryl methyl sites for hydroxylation is 2. The van der Waals surface area contributed by atoms with Crippen LogP contribution in [0.2, 0.25) is 0 Å². The molecule has 3 aromatic heterocycles. The number of aromatic nitrogens is 4. The molecule has 10 nitrogen and oxygen atoms in total. The lowest BCUT2D eigenvalue weighted by Crippen LogP contribution is -2.42. The lowest BCUT2D eigenvalue weighted by Gasteiger charge is -2.20. The van der Waals surface area contributed by atoms with E-state index in [2.05, 4.69) is 9.97 Å². The maximum Gasteiger partial charge on any atom is 0.332 e. The summed E-state index contributed by atoms with van der Waals surface area (Å²) in [5.74, 6) is 0.243. The normalized spacial score (nSPS) is 11.6. The quantitative estimate of drug-likeness (QED) is 0.368. The Labute approximate surface area is 198 Å². The van der Waals surface area contributed by atoms with Gasteiger partial charge in [0.25, 0.3) is 11.4 Å². The first-order valence-corrected chi connectivity index (χ1v) is 11.4. The first kappa shape index (κ1) is 23.4. The predicted molar refractivity (Wildman–Crippen MR) is 126 cm³/mol. The zero-order valence-corrected chi connectivity index (χ0v) is 20.0. The molecule has 178 valence electrons. The molecule has 4 aromatic rings. The van der Waals surface area contributed by atoms with E-state index in [1.807, 2.05) is 24.3 Å². The van der Waals surface area contributed by atoms with Crippen molar-refractivity contribution in [3.8, 4) is 16.6 Å². The van der Waals surface area contributed by atoms with Gasteiger partial charge in [0, 0.05) is 6.54 Å². The molecular weight excluding hydrogens is 460 g/mol. The van der Waals surface area contributed by atoms with Gasteiger partial charge in [-0.15, -0.1) is 0 Å². The van der Waals surface area contributed by atoms with E-state index in [1.54, 1.807) is 27.9 Å². The summed E-state index contributed by atoms with van der Waals surface area (Å²) in [6.07, 6.45) is 3.32. The third-order valence-corrected chi connectivity index (χ3v) is 5.95. The Kier molecular flexibility index (Phi) is 6.38. The van der Waals surface area contributed by atoms with Crippen molar-refractivity contribution >= 4 is 27.7 Å². The third kappa shape index (κ3) is 4.79. The van der Waals surface area contributed by atoms with Crippen LogP contribution in [0.4, 0.5) is 0 Å². The highest BCUT2D eigenvalue weighted by Crippen LogP contribution is 2.27. The minimum atomic E-state index is -0.758. The van der Waals surface area contributed by atoms with Crippen LogP contribution in [0, 0.1) is 0 Å². The number of carbonyl (C=O) groups excluding carboxylic acids is 1. The van der Waals surface area contributed by atoms with E-state index in [1.165, 1.54) is 17.0 Å². The van der Waals surface area contributed by atoms with Crippen LogP contribution in [0.3, 0.4) is 0 Å². The minimum absolute atomic E-state index is 0.0568. The number of ether oxygens (including phenoxy) is 2. The van der Waals surface area contributed by atoms with Crippen LogP contribution in [-0.2, 0) is 29.0 Å². The highest BCUT2D eigenvalue weighted by molar-refractivity contribution is 7.21. The molecule has 0 amide bonds. The number of hydrogen-bond donors (Lipinski definition) is 0. The molecule has 34 heavy (non-hydrogen) atoms. The molecule has 0 saturated heterocycles. The van der Waals surface area contributed by atoms with E-state index in [-0.39, 0.29) is 18.0 Å². The van der Waals surface area contributed by atoms with Gasteiger partial charge in [0.1, 0.15) is 29.0 Å². The summed E-state index contributed by atoms with van der Waals surface area (Å²) in [5, 5.41) is 0.359. The van der Waals surface area contributed by atoms with Gasteiger partial charge < -0.3 is 13.9 Å². The third-order valence-electron chi connectivity index (χ3n) is 4.88. The second-order valence-electron chi connectivity index (χ2n) is 8.48. The Morgan fingerprint density at radius 1 is 1.18 bits per heavy atom. The second-order valence-corrected chi connectivity index (χ2v) is 9.46. The zero-order chi connectivity index (χ0) is 24.5. The number of methoxy groups -OCH3 is 1. The maximum atomic E-state index is 13.4. The molecule has 0 aliphatic rings. The Hall–Kier alpha value is -3.73. The van der Waals surface area contributed by atoms with Gasteiger partial charge in [-0.1, -0.05) is 29.5 Å². The number of thiazole rings is 1. The second kappa shape index (κ2) is 9.26. The molecular formula is C23H24N4O6S. The van der Waals surface area contributed by atoms with Crippen molar-refractivity contribution in [2.24, 2.45) is 0 Å². The number of para-hydroxylation sites is 1. The van der Waals surface area contributed by atoms with Gasteiger partial charge in [0.05, 0.1) is 13.3 Å². The van der Waals surface area contributed by atoms with Crippen molar-refractivity contribution in [3.05, 3.63) is 63.1 Å². The van der Waals surface area contributed by atoms with Crippen molar-refractivity contribution in [1.29, 1.82) is 0 Å². The van der Waals surface area contributed by atoms with Crippen LogP contribution >= 0.6 is 11.3 Å².